The Bertz CT molecular complexity index is 892. The monoisotopic (exact) mass is 414 g/mol. The van der Waals surface area contributed by atoms with E-state index in [0.29, 0.717) is 15.7 Å². The topological polar surface area (TPSA) is 116 Å². The molecule has 0 spiro atoms. The number of halogens is 2. The lowest BCUT2D eigenvalue weighted by molar-refractivity contribution is -0.386. The van der Waals surface area contributed by atoms with Crippen LogP contribution in [0.1, 0.15) is 18.3 Å². The van der Waals surface area contributed by atoms with E-state index in [1.165, 1.54) is 39.0 Å². The van der Waals surface area contributed by atoms with Crippen molar-refractivity contribution in [1.29, 1.82) is 0 Å². The molecular weight excluding hydrogens is 399 g/mol. The fourth-order valence-electron chi connectivity index (χ4n) is 2.39. The van der Waals surface area contributed by atoms with E-state index < -0.39 is 22.9 Å². The van der Waals surface area contributed by atoms with Gasteiger partial charge in [0.15, 0.2) is 6.10 Å². The highest BCUT2D eigenvalue weighted by atomic mass is 35.5. The predicted molar refractivity (Wildman–Crippen MR) is 99.0 cm³/mol. The second-order valence-electron chi connectivity index (χ2n) is 5.71. The SMILES string of the molecule is Cc1nn(CC(=O)OC(C)C(=O)Nc2cc(Cl)cc(Cl)c2)c(C)c1[N+](=O)[O-]. The standard InChI is InChI=1S/C16H16Cl2N4O5/c1-8-15(22(25)26)9(2)21(20-8)7-14(23)27-10(3)16(24)19-13-5-11(17)4-12(18)6-13/h4-6,10H,7H2,1-3H3,(H,19,24). The first-order valence-electron chi connectivity index (χ1n) is 7.73. The van der Waals surface area contributed by atoms with Crippen LogP contribution in [0.3, 0.4) is 0 Å². The molecule has 0 saturated heterocycles. The van der Waals surface area contributed by atoms with E-state index in [4.69, 9.17) is 27.9 Å². The number of amides is 1. The van der Waals surface area contributed by atoms with E-state index in [9.17, 15) is 19.7 Å². The van der Waals surface area contributed by atoms with Gasteiger partial charge < -0.3 is 10.1 Å². The van der Waals surface area contributed by atoms with Crippen molar-refractivity contribution in [2.24, 2.45) is 0 Å². The number of nitro groups is 1. The van der Waals surface area contributed by atoms with Gasteiger partial charge in [0.05, 0.1) is 4.92 Å². The van der Waals surface area contributed by atoms with E-state index in [1.807, 2.05) is 0 Å². The molecule has 0 fully saturated rings. The molecule has 0 bridgehead atoms. The zero-order valence-corrected chi connectivity index (χ0v) is 16.2. The number of aryl methyl sites for hydroxylation is 1. The average molecular weight is 415 g/mol. The zero-order valence-electron chi connectivity index (χ0n) is 14.7. The fraction of sp³-hybridized carbons (Fsp3) is 0.312. The van der Waals surface area contributed by atoms with E-state index in [1.54, 1.807) is 0 Å². The second-order valence-corrected chi connectivity index (χ2v) is 6.59. The van der Waals surface area contributed by atoms with Crippen molar-refractivity contribution in [3.8, 4) is 0 Å². The fourth-order valence-corrected chi connectivity index (χ4v) is 2.91. The summed E-state index contributed by atoms with van der Waals surface area (Å²) in [6.07, 6.45) is -1.11. The summed E-state index contributed by atoms with van der Waals surface area (Å²) in [7, 11) is 0. The summed E-state index contributed by atoms with van der Waals surface area (Å²) in [6.45, 7) is 3.98. The summed E-state index contributed by atoms with van der Waals surface area (Å²) < 4.78 is 6.23. The van der Waals surface area contributed by atoms with Gasteiger partial charge in [0.2, 0.25) is 0 Å². The smallest absolute Gasteiger partial charge is 0.328 e. The number of benzene rings is 1. The molecule has 0 radical (unpaired) electrons. The number of hydrogen-bond acceptors (Lipinski definition) is 6. The van der Waals surface area contributed by atoms with Gasteiger partial charge in [-0.15, -0.1) is 0 Å². The summed E-state index contributed by atoms with van der Waals surface area (Å²) in [6, 6.07) is 4.50. The maximum absolute atomic E-state index is 12.2. The molecule has 0 saturated carbocycles. The Balaban J connectivity index is 2.00. The first kappa shape index (κ1) is 20.7. The van der Waals surface area contributed by atoms with Crippen molar-refractivity contribution in [2.45, 2.75) is 33.4 Å². The van der Waals surface area contributed by atoms with Gasteiger partial charge in [0.25, 0.3) is 5.91 Å². The molecule has 1 heterocycles. The molecule has 0 aliphatic carbocycles. The highest BCUT2D eigenvalue weighted by Crippen LogP contribution is 2.23. The lowest BCUT2D eigenvalue weighted by Gasteiger charge is -2.14. The molecule has 1 aromatic heterocycles. The molecule has 1 atom stereocenters. The maximum Gasteiger partial charge on any atom is 0.328 e. The van der Waals surface area contributed by atoms with Crippen LogP contribution in [0, 0.1) is 24.0 Å². The Labute approximate surface area is 164 Å². The van der Waals surface area contributed by atoms with Crippen LogP contribution in [0.15, 0.2) is 18.2 Å². The second kappa shape index (κ2) is 8.36. The highest BCUT2D eigenvalue weighted by molar-refractivity contribution is 6.35. The third-order valence-corrected chi connectivity index (χ3v) is 4.05. The number of carbonyl (C=O) groups excluding carboxylic acids is 2. The van der Waals surface area contributed by atoms with E-state index in [0.717, 1.165) is 4.68 Å². The summed E-state index contributed by atoms with van der Waals surface area (Å²) in [4.78, 5) is 34.6. The van der Waals surface area contributed by atoms with Gasteiger partial charge >= 0.3 is 11.7 Å². The van der Waals surface area contributed by atoms with Crippen LogP contribution in [0.5, 0.6) is 0 Å². The highest BCUT2D eigenvalue weighted by Gasteiger charge is 2.24. The number of anilines is 1. The number of nitrogens with one attached hydrogen (secondary N) is 1. The summed E-state index contributed by atoms with van der Waals surface area (Å²) in [5, 5.41) is 18.2. The molecule has 2 rings (SSSR count). The minimum atomic E-state index is -1.11. The Morgan fingerprint density at radius 2 is 1.89 bits per heavy atom. The molecular formula is C16H16Cl2N4O5. The van der Waals surface area contributed by atoms with Gasteiger partial charge in [-0.2, -0.15) is 5.10 Å². The molecule has 1 aromatic carbocycles. The first-order chi connectivity index (χ1) is 12.6. The summed E-state index contributed by atoms with van der Waals surface area (Å²) >= 11 is 11.7. The molecule has 0 aliphatic rings. The van der Waals surface area contributed by atoms with Crippen LogP contribution in [-0.4, -0.2) is 32.7 Å². The molecule has 1 amide bonds. The first-order valence-corrected chi connectivity index (χ1v) is 8.49. The molecule has 9 nitrogen and oxygen atoms in total. The van der Waals surface area contributed by atoms with Gasteiger partial charge in [-0.3, -0.25) is 24.4 Å². The van der Waals surface area contributed by atoms with Crippen molar-refractivity contribution < 1.29 is 19.2 Å². The summed E-state index contributed by atoms with van der Waals surface area (Å²) in [5.41, 5.74) is 0.607. The molecule has 11 heteroatoms. The molecule has 1 unspecified atom stereocenters. The van der Waals surface area contributed by atoms with E-state index >= 15 is 0 Å². The van der Waals surface area contributed by atoms with Crippen molar-refractivity contribution in [1.82, 2.24) is 9.78 Å². The van der Waals surface area contributed by atoms with Crippen molar-refractivity contribution in [3.05, 3.63) is 49.7 Å². The quantitative estimate of drug-likeness (QED) is 0.440. The van der Waals surface area contributed by atoms with Crippen LogP contribution < -0.4 is 5.32 Å². The largest absolute Gasteiger partial charge is 0.451 e. The zero-order chi connectivity index (χ0) is 20.3. The Kier molecular flexibility index (Phi) is 6.40. The number of aromatic nitrogens is 2. The van der Waals surface area contributed by atoms with Gasteiger partial charge in [0.1, 0.15) is 17.9 Å². The number of esters is 1. The van der Waals surface area contributed by atoms with Crippen LogP contribution in [-0.2, 0) is 20.9 Å². The molecule has 1 N–H and O–H groups in total. The normalized spacial score (nSPS) is 11.7. The average Bonchev–Trinajstić information content (AvgIpc) is 2.79. The van der Waals surface area contributed by atoms with E-state index in [-0.39, 0.29) is 23.6 Å². The number of carbonyl (C=O) groups is 2. The Hall–Kier alpha value is -2.65. The van der Waals surface area contributed by atoms with Gasteiger partial charge in [-0.05, 0) is 39.0 Å². The third kappa shape index (κ3) is 5.18. The van der Waals surface area contributed by atoms with Gasteiger partial charge in [-0.1, -0.05) is 23.2 Å². The number of rotatable bonds is 6. The number of hydrogen-bond donors (Lipinski definition) is 1. The molecule has 27 heavy (non-hydrogen) atoms. The van der Waals surface area contributed by atoms with Crippen molar-refractivity contribution in [2.75, 3.05) is 5.32 Å². The van der Waals surface area contributed by atoms with Crippen molar-refractivity contribution in [3.63, 3.8) is 0 Å². The number of ether oxygens (including phenoxy) is 1. The van der Waals surface area contributed by atoms with Crippen LogP contribution in [0.2, 0.25) is 10.0 Å². The third-order valence-electron chi connectivity index (χ3n) is 3.61. The predicted octanol–water partition coefficient (Wildman–Crippen LogP) is 3.29. The summed E-state index contributed by atoms with van der Waals surface area (Å²) in [5.74, 6) is -1.34. The van der Waals surface area contributed by atoms with Crippen LogP contribution in [0.4, 0.5) is 11.4 Å². The van der Waals surface area contributed by atoms with Gasteiger partial charge in [0, 0.05) is 15.7 Å². The molecule has 2 aromatic rings. The van der Waals surface area contributed by atoms with E-state index in [2.05, 4.69) is 10.4 Å². The molecule has 0 aliphatic heterocycles. The lowest BCUT2D eigenvalue weighted by Crippen LogP contribution is -2.31. The minimum Gasteiger partial charge on any atom is -0.451 e. The molecule has 144 valence electrons. The van der Waals surface area contributed by atoms with Crippen LogP contribution >= 0.6 is 23.2 Å². The Morgan fingerprint density at radius 3 is 2.41 bits per heavy atom. The minimum absolute atomic E-state index is 0.161. The van der Waals surface area contributed by atoms with Crippen molar-refractivity contribution >= 4 is 46.5 Å². The lowest BCUT2D eigenvalue weighted by atomic mass is 10.3. The van der Waals surface area contributed by atoms with Crippen LogP contribution in [0.25, 0.3) is 0 Å². The Morgan fingerprint density at radius 1 is 1.30 bits per heavy atom. The maximum atomic E-state index is 12.2. The number of nitrogens with zero attached hydrogens (tertiary/aromatic N) is 3. The van der Waals surface area contributed by atoms with Gasteiger partial charge in [-0.25, -0.2) is 0 Å².